The Morgan fingerprint density at radius 3 is 2.24 bits per heavy atom. The summed E-state index contributed by atoms with van der Waals surface area (Å²) in [6.07, 6.45) is 1.04. The Bertz CT molecular complexity index is 902. The van der Waals surface area contributed by atoms with Gasteiger partial charge in [0.2, 0.25) is 15.8 Å². The number of ether oxygens (including phenoxy) is 1. The van der Waals surface area contributed by atoms with Crippen LogP contribution in [-0.4, -0.2) is 33.0 Å². The highest BCUT2D eigenvalue weighted by Gasteiger charge is 2.14. The number of hydrogen-bond acceptors (Lipinski definition) is 5. The molecule has 0 aliphatic carbocycles. The van der Waals surface area contributed by atoms with Crippen molar-refractivity contribution in [1.29, 1.82) is 0 Å². The number of rotatable bonds is 6. The Hall–Kier alpha value is -2.67. The van der Waals surface area contributed by atoms with Crippen molar-refractivity contribution >= 4 is 27.5 Å². The van der Waals surface area contributed by atoms with Crippen LogP contribution in [0.3, 0.4) is 0 Å². The number of esters is 1. The van der Waals surface area contributed by atoms with Crippen molar-refractivity contribution in [3.05, 3.63) is 64.7 Å². The van der Waals surface area contributed by atoms with Crippen molar-refractivity contribution in [1.82, 2.24) is 0 Å². The SMILES string of the molecule is Cc1ccc(C(=O)COC(=O)c2ccc(NS(C)(=O)=O)cc2)c(C)c1. The minimum absolute atomic E-state index is 0.229. The number of aryl methyl sites for hydroxylation is 2. The zero-order chi connectivity index (χ0) is 18.6. The summed E-state index contributed by atoms with van der Waals surface area (Å²) in [5, 5.41) is 0. The van der Waals surface area contributed by atoms with Crippen LogP contribution >= 0.6 is 0 Å². The molecule has 0 saturated carbocycles. The van der Waals surface area contributed by atoms with E-state index in [-0.39, 0.29) is 18.0 Å². The van der Waals surface area contributed by atoms with Gasteiger partial charge in [0.25, 0.3) is 0 Å². The first-order valence-electron chi connectivity index (χ1n) is 7.51. The average molecular weight is 361 g/mol. The predicted molar refractivity (Wildman–Crippen MR) is 95.4 cm³/mol. The third-order valence-electron chi connectivity index (χ3n) is 3.44. The summed E-state index contributed by atoms with van der Waals surface area (Å²) in [6.45, 7) is 3.41. The molecule has 6 nitrogen and oxygen atoms in total. The van der Waals surface area contributed by atoms with Gasteiger partial charge in [-0.15, -0.1) is 0 Å². The molecule has 0 aliphatic rings. The van der Waals surface area contributed by atoms with Crippen molar-refractivity contribution in [2.75, 3.05) is 17.6 Å². The molecule has 132 valence electrons. The molecular formula is C18H19NO5S. The number of benzene rings is 2. The molecule has 0 heterocycles. The number of carbonyl (C=O) groups excluding carboxylic acids is 2. The van der Waals surface area contributed by atoms with Gasteiger partial charge in [0.1, 0.15) is 0 Å². The summed E-state index contributed by atoms with van der Waals surface area (Å²) in [5.74, 6) is -0.926. The first kappa shape index (κ1) is 18.7. The molecule has 0 aromatic heterocycles. The van der Waals surface area contributed by atoms with Gasteiger partial charge in [0.05, 0.1) is 11.8 Å². The van der Waals surface area contributed by atoms with E-state index in [0.717, 1.165) is 17.4 Å². The van der Waals surface area contributed by atoms with E-state index >= 15 is 0 Å². The van der Waals surface area contributed by atoms with Gasteiger partial charge >= 0.3 is 5.97 Å². The van der Waals surface area contributed by atoms with E-state index in [4.69, 9.17) is 4.74 Å². The van der Waals surface area contributed by atoms with Crippen molar-refractivity contribution in [3.8, 4) is 0 Å². The first-order chi connectivity index (χ1) is 11.7. The minimum Gasteiger partial charge on any atom is -0.454 e. The fraction of sp³-hybridized carbons (Fsp3) is 0.222. The van der Waals surface area contributed by atoms with Gasteiger partial charge in [-0.25, -0.2) is 13.2 Å². The summed E-state index contributed by atoms with van der Waals surface area (Å²) < 4.78 is 29.6. The Balaban J connectivity index is 1.99. The van der Waals surface area contributed by atoms with E-state index in [1.807, 2.05) is 26.0 Å². The largest absolute Gasteiger partial charge is 0.454 e. The molecule has 0 amide bonds. The maximum Gasteiger partial charge on any atom is 0.338 e. The molecule has 0 spiro atoms. The van der Waals surface area contributed by atoms with Crippen LogP contribution in [0.25, 0.3) is 0 Å². The summed E-state index contributed by atoms with van der Waals surface area (Å²) in [4.78, 5) is 24.2. The van der Waals surface area contributed by atoms with Crippen molar-refractivity contribution < 1.29 is 22.7 Å². The van der Waals surface area contributed by atoms with E-state index < -0.39 is 16.0 Å². The Kier molecular flexibility index (Phi) is 5.58. The number of sulfonamides is 1. The lowest BCUT2D eigenvalue weighted by Crippen LogP contribution is -2.15. The third-order valence-corrected chi connectivity index (χ3v) is 4.05. The van der Waals surface area contributed by atoms with E-state index in [0.29, 0.717) is 11.3 Å². The van der Waals surface area contributed by atoms with Gasteiger partial charge in [0, 0.05) is 11.3 Å². The highest BCUT2D eigenvalue weighted by atomic mass is 32.2. The zero-order valence-corrected chi connectivity index (χ0v) is 15.0. The van der Waals surface area contributed by atoms with Crippen LogP contribution in [0.2, 0.25) is 0 Å². The fourth-order valence-corrected chi connectivity index (χ4v) is 2.87. The van der Waals surface area contributed by atoms with Gasteiger partial charge in [-0.3, -0.25) is 9.52 Å². The van der Waals surface area contributed by atoms with Crippen LogP contribution < -0.4 is 4.72 Å². The second-order valence-electron chi connectivity index (χ2n) is 5.77. The van der Waals surface area contributed by atoms with Gasteiger partial charge < -0.3 is 4.74 Å². The molecular weight excluding hydrogens is 342 g/mol. The quantitative estimate of drug-likeness (QED) is 0.631. The molecule has 0 aliphatic heterocycles. The second-order valence-corrected chi connectivity index (χ2v) is 7.52. The first-order valence-corrected chi connectivity index (χ1v) is 9.40. The fourth-order valence-electron chi connectivity index (χ4n) is 2.31. The maximum absolute atomic E-state index is 12.2. The van der Waals surface area contributed by atoms with Crippen LogP contribution in [0.5, 0.6) is 0 Å². The lowest BCUT2D eigenvalue weighted by Gasteiger charge is -2.08. The summed E-state index contributed by atoms with van der Waals surface area (Å²) >= 11 is 0. The average Bonchev–Trinajstić information content (AvgIpc) is 2.51. The predicted octanol–water partition coefficient (Wildman–Crippen LogP) is 2.71. The topological polar surface area (TPSA) is 89.5 Å². The number of ketones is 1. The standard InChI is InChI=1S/C18H19NO5S/c1-12-4-9-16(13(2)10-12)17(20)11-24-18(21)14-5-7-15(8-6-14)19-25(3,22)23/h4-10,19H,11H2,1-3H3. The molecule has 2 aromatic carbocycles. The minimum atomic E-state index is -3.38. The zero-order valence-electron chi connectivity index (χ0n) is 14.2. The van der Waals surface area contributed by atoms with Crippen LogP contribution in [0.1, 0.15) is 31.8 Å². The molecule has 2 aromatic rings. The van der Waals surface area contributed by atoms with E-state index in [1.165, 1.54) is 24.3 Å². The van der Waals surface area contributed by atoms with Gasteiger partial charge in [-0.2, -0.15) is 0 Å². The molecule has 0 radical (unpaired) electrons. The monoisotopic (exact) mass is 361 g/mol. The molecule has 25 heavy (non-hydrogen) atoms. The van der Waals surface area contributed by atoms with Crippen LogP contribution in [-0.2, 0) is 14.8 Å². The molecule has 7 heteroatoms. The van der Waals surface area contributed by atoms with E-state index in [1.54, 1.807) is 6.07 Å². The summed E-state index contributed by atoms with van der Waals surface area (Å²) in [6, 6.07) is 11.2. The third kappa shape index (κ3) is 5.42. The number of carbonyl (C=O) groups is 2. The molecule has 0 saturated heterocycles. The lowest BCUT2D eigenvalue weighted by atomic mass is 10.0. The molecule has 2 rings (SSSR count). The van der Waals surface area contributed by atoms with Gasteiger partial charge in [0.15, 0.2) is 6.61 Å². The highest BCUT2D eigenvalue weighted by Crippen LogP contribution is 2.14. The lowest BCUT2D eigenvalue weighted by molar-refractivity contribution is 0.0474. The van der Waals surface area contributed by atoms with Crippen LogP contribution in [0.15, 0.2) is 42.5 Å². The number of nitrogens with one attached hydrogen (secondary N) is 1. The number of hydrogen-bond donors (Lipinski definition) is 1. The van der Waals surface area contributed by atoms with Crippen LogP contribution in [0.4, 0.5) is 5.69 Å². The Labute approximate surface area is 146 Å². The second kappa shape index (κ2) is 7.48. The molecule has 0 unspecified atom stereocenters. The Morgan fingerprint density at radius 1 is 1.04 bits per heavy atom. The molecule has 0 bridgehead atoms. The molecule has 1 N–H and O–H groups in total. The Morgan fingerprint density at radius 2 is 1.68 bits per heavy atom. The number of anilines is 1. The van der Waals surface area contributed by atoms with Gasteiger partial charge in [-0.1, -0.05) is 23.8 Å². The summed E-state index contributed by atoms with van der Waals surface area (Å²) in [7, 11) is -3.38. The smallest absolute Gasteiger partial charge is 0.338 e. The molecule has 0 atom stereocenters. The van der Waals surface area contributed by atoms with Crippen molar-refractivity contribution in [2.24, 2.45) is 0 Å². The van der Waals surface area contributed by atoms with E-state index in [9.17, 15) is 18.0 Å². The van der Waals surface area contributed by atoms with Gasteiger partial charge in [-0.05, 0) is 43.7 Å². The molecule has 0 fully saturated rings. The van der Waals surface area contributed by atoms with Crippen molar-refractivity contribution in [2.45, 2.75) is 13.8 Å². The van der Waals surface area contributed by atoms with Crippen LogP contribution in [0, 0.1) is 13.8 Å². The van der Waals surface area contributed by atoms with E-state index in [2.05, 4.69) is 4.72 Å². The normalized spacial score (nSPS) is 11.0. The maximum atomic E-state index is 12.2. The highest BCUT2D eigenvalue weighted by molar-refractivity contribution is 7.92. The van der Waals surface area contributed by atoms with Crippen molar-refractivity contribution in [3.63, 3.8) is 0 Å². The summed E-state index contributed by atoms with van der Waals surface area (Å²) in [5.41, 5.74) is 2.97. The number of Topliss-reactive ketones (excluding diaryl/α,β-unsaturated/α-hetero) is 1.